The van der Waals surface area contributed by atoms with E-state index in [0.29, 0.717) is 6.04 Å². The number of likely N-dealkylation sites (N-methyl/N-ethyl adjacent to an activating group) is 1. The van der Waals surface area contributed by atoms with Gasteiger partial charge in [0.15, 0.2) is 0 Å². The molecule has 0 saturated heterocycles. The van der Waals surface area contributed by atoms with Gasteiger partial charge in [-0.3, -0.25) is 4.90 Å². The van der Waals surface area contributed by atoms with Crippen molar-refractivity contribution in [1.29, 1.82) is 0 Å². The second-order valence-electron chi connectivity index (χ2n) is 5.11. The average Bonchev–Trinajstić information content (AvgIpc) is 2.37. The Hall–Kier alpha value is -0.860. The highest BCUT2D eigenvalue weighted by Gasteiger charge is 2.13. The zero-order valence-electron chi connectivity index (χ0n) is 12.4. The van der Waals surface area contributed by atoms with Gasteiger partial charge in [-0.2, -0.15) is 0 Å². The Morgan fingerprint density at radius 1 is 1.22 bits per heavy atom. The predicted octanol–water partition coefficient (Wildman–Crippen LogP) is 3.21. The molecule has 2 nitrogen and oxygen atoms in total. The first-order valence-corrected chi connectivity index (χ1v) is 7.14. The molecule has 0 saturated carbocycles. The quantitative estimate of drug-likeness (QED) is 0.711. The van der Waals surface area contributed by atoms with Crippen LogP contribution in [0.1, 0.15) is 37.8 Å². The molecule has 0 fully saturated rings. The zero-order valence-corrected chi connectivity index (χ0v) is 12.4. The van der Waals surface area contributed by atoms with Crippen LogP contribution in [0.2, 0.25) is 0 Å². The van der Waals surface area contributed by atoms with Crippen molar-refractivity contribution in [3.05, 3.63) is 35.4 Å². The lowest BCUT2D eigenvalue weighted by Gasteiger charge is -2.28. The van der Waals surface area contributed by atoms with E-state index >= 15 is 0 Å². The lowest BCUT2D eigenvalue weighted by molar-refractivity contribution is 0.221. The fourth-order valence-corrected chi connectivity index (χ4v) is 2.24. The Balaban J connectivity index is 2.51. The molecule has 0 radical (unpaired) electrons. The van der Waals surface area contributed by atoms with Crippen LogP contribution in [-0.4, -0.2) is 31.1 Å². The fourth-order valence-electron chi connectivity index (χ4n) is 2.24. The maximum absolute atomic E-state index is 3.53. The van der Waals surface area contributed by atoms with Crippen molar-refractivity contribution in [1.82, 2.24) is 10.2 Å². The smallest absolute Gasteiger partial charge is 0.0236 e. The van der Waals surface area contributed by atoms with Gasteiger partial charge in [-0.1, -0.05) is 38.1 Å². The average molecular weight is 248 g/mol. The van der Waals surface area contributed by atoms with Gasteiger partial charge in [0, 0.05) is 19.1 Å². The van der Waals surface area contributed by atoms with Crippen molar-refractivity contribution in [2.75, 3.05) is 20.1 Å². The Morgan fingerprint density at radius 2 is 1.94 bits per heavy atom. The molecule has 1 aromatic rings. The second-order valence-corrected chi connectivity index (χ2v) is 5.11. The van der Waals surface area contributed by atoms with E-state index in [0.717, 1.165) is 19.6 Å². The van der Waals surface area contributed by atoms with Crippen molar-refractivity contribution in [2.45, 2.75) is 46.2 Å². The van der Waals surface area contributed by atoms with E-state index in [1.807, 2.05) is 0 Å². The summed E-state index contributed by atoms with van der Waals surface area (Å²) in [4.78, 5) is 2.46. The number of benzene rings is 1. The molecule has 0 aliphatic rings. The van der Waals surface area contributed by atoms with Crippen LogP contribution < -0.4 is 5.32 Å². The molecular formula is C16H28N2. The molecule has 102 valence electrons. The highest BCUT2D eigenvalue weighted by Crippen LogP contribution is 2.12. The molecule has 0 aliphatic heterocycles. The van der Waals surface area contributed by atoms with Crippen molar-refractivity contribution >= 4 is 0 Å². The maximum atomic E-state index is 3.53. The summed E-state index contributed by atoms with van der Waals surface area (Å²) in [6.07, 6.45) is 2.40. The van der Waals surface area contributed by atoms with Crippen LogP contribution >= 0.6 is 0 Å². The summed E-state index contributed by atoms with van der Waals surface area (Å²) in [5.74, 6) is 0. The van der Waals surface area contributed by atoms with Crippen LogP contribution in [0.25, 0.3) is 0 Å². The third kappa shape index (κ3) is 4.79. The van der Waals surface area contributed by atoms with Crippen LogP contribution in [0.3, 0.4) is 0 Å². The molecule has 1 rings (SSSR count). The van der Waals surface area contributed by atoms with Gasteiger partial charge >= 0.3 is 0 Å². The zero-order chi connectivity index (χ0) is 13.4. The molecule has 0 bridgehead atoms. The third-order valence-electron chi connectivity index (χ3n) is 3.58. The highest BCUT2D eigenvalue weighted by atomic mass is 15.1. The summed E-state index contributed by atoms with van der Waals surface area (Å²) < 4.78 is 0. The molecule has 0 aromatic heterocycles. The lowest BCUT2D eigenvalue weighted by atomic mass is 10.1. The Bertz CT molecular complexity index is 336. The molecule has 0 amide bonds. The van der Waals surface area contributed by atoms with Gasteiger partial charge in [-0.15, -0.1) is 0 Å². The highest BCUT2D eigenvalue weighted by molar-refractivity contribution is 5.25. The Labute approximate surface area is 112 Å². The fraction of sp³-hybridized carbons (Fsp3) is 0.625. The summed E-state index contributed by atoms with van der Waals surface area (Å²) in [6, 6.07) is 9.29. The second kappa shape index (κ2) is 8.28. The number of hydrogen-bond donors (Lipinski definition) is 1. The molecule has 0 heterocycles. The van der Waals surface area contributed by atoms with Crippen molar-refractivity contribution in [3.8, 4) is 0 Å². The number of rotatable bonds is 8. The van der Waals surface area contributed by atoms with Gasteiger partial charge in [0.2, 0.25) is 0 Å². The monoisotopic (exact) mass is 248 g/mol. The normalized spacial score (nSPS) is 12.9. The first-order chi connectivity index (χ1) is 8.69. The molecule has 0 spiro atoms. The minimum Gasteiger partial charge on any atom is -0.315 e. The van der Waals surface area contributed by atoms with Gasteiger partial charge in [-0.05, 0) is 44.5 Å². The third-order valence-corrected chi connectivity index (χ3v) is 3.58. The minimum atomic E-state index is 0.621. The predicted molar refractivity (Wildman–Crippen MR) is 79.9 cm³/mol. The van der Waals surface area contributed by atoms with E-state index in [2.05, 4.69) is 62.3 Å². The van der Waals surface area contributed by atoms with Crippen molar-refractivity contribution in [3.63, 3.8) is 0 Å². The van der Waals surface area contributed by atoms with Crippen LogP contribution in [-0.2, 0) is 6.54 Å². The van der Waals surface area contributed by atoms with Gasteiger partial charge in [0.05, 0.1) is 0 Å². The maximum Gasteiger partial charge on any atom is 0.0236 e. The molecule has 0 aliphatic carbocycles. The number of nitrogens with one attached hydrogen (secondary N) is 1. The van der Waals surface area contributed by atoms with E-state index in [1.54, 1.807) is 0 Å². The molecular weight excluding hydrogens is 220 g/mol. The Kier molecular flexibility index (Phi) is 6.99. The standard InChI is InChI=1S/C16H28N2/c1-5-11-17-12-16(6-2)18(4)13-15-10-8-7-9-14(15)3/h7-10,16-17H,5-6,11-13H2,1-4H3. The first kappa shape index (κ1) is 15.2. The van der Waals surface area contributed by atoms with Crippen molar-refractivity contribution < 1.29 is 0 Å². The summed E-state index contributed by atoms with van der Waals surface area (Å²) >= 11 is 0. The van der Waals surface area contributed by atoms with Crippen LogP contribution in [0.5, 0.6) is 0 Å². The van der Waals surface area contributed by atoms with Gasteiger partial charge in [0.25, 0.3) is 0 Å². The largest absolute Gasteiger partial charge is 0.315 e. The summed E-state index contributed by atoms with van der Waals surface area (Å²) in [7, 11) is 2.23. The summed E-state index contributed by atoms with van der Waals surface area (Å²) in [5, 5.41) is 3.53. The molecule has 1 atom stereocenters. The van der Waals surface area contributed by atoms with Crippen LogP contribution in [0.15, 0.2) is 24.3 Å². The summed E-state index contributed by atoms with van der Waals surface area (Å²) in [6.45, 7) is 9.93. The van der Waals surface area contributed by atoms with E-state index in [9.17, 15) is 0 Å². The van der Waals surface area contributed by atoms with Gasteiger partial charge in [-0.25, -0.2) is 0 Å². The van der Waals surface area contributed by atoms with E-state index in [1.165, 1.54) is 24.0 Å². The van der Waals surface area contributed by atoms with Crippen molar-refractivity contribution in [2.24, 2.45) is 0 Å². The lowest BCUT2D eigenvalue weighted by Crippen LogP contribution is -2.39. The van der Waals surface area contributed by atoms with Gasteiger partial charge < -0.3 is 5.32 Å². The number of nitrogens with zero attached hydrogens (tertiary/aromatic N) is 1. The summed E-state index contributed by atoms with van der Waals surface area (Å²) in [5.41, 5.74) is 2.83. The van der Waals surface area contributed by atoms with Crippen LogP contribution in [0.4, 0.5) is 0 Å². The van der Waals surface area contributed by atoms with E-state index in [4.69, 9.17) is 0 Å². The van der Waals surface area contributed by atoms with E-state index in [-0.39, 0.29) is 0 Å². The number of aryl methyl sites for hydroxylation is 1. The molecule has 1 N–H and O–H groups in total. The van der Waals surface area contributed by atoms with E-state index < -0.39 is 0 Å². The minimum absolute atomic E-state index is 0.621. The van der Waals surface area contributed by atoms with Gasteiger partial charge in [0.1, 0.15) is 0 Å². The molecule has 18 heavy (non-hydrogen) atoms. The number of hydrogen-bond acceptors (Lipinski definition) is 2. The molecule has 2 heteroatoms. The topological polar surface area (TPSA) is 15.3 Å². The Morgan fingerprint density at radius 3 is 2.56 bits per heavy atom. The van der Waals surface area contributed by atoms with Crippen LogP contribution in [0, 0.1) is 6.92 Å². The first-order valence-electron chi connectivity index (χ1n) is 7.14. The SMILES string of the molecule is CCCNCC(CC)N(C)Cc1ccccc1C. The molecule has 1 aromatic carbocycles. The molecule has 1 unspecified atom stereocenters.